The van der Waals surface area contributed by atoms with Gasteiger partial charge in [0.25, 0.3) is 5.56 Å². The molecule has 0 aliphatic carbocycles. The van der Waals surface area contributed by atoms with Crippen molar-refractivity contribution in [2.45, 2.75) is 6.42 Å². The maximum absolute atomic E-state index is 12.5. The third-order valence-electron chi connectivity index (χ3n) is 4.70. The van der Waals surface area contributed by atoms with Gasteiger partial charge in [-0.25, -0.2) is 4.79 Å². The Kier molecular flexibility index (Phi) is 5.82. The fourth-order valence-corrected chi connectivity index (χ4v) is 3.44. The number of hydrogen-bond acceptors (Lipinski definition) is 3. The van der Waals surface area contributed by atoms with Crippen molar-refractivity contribution >= 4 is 23.2 Å². The smallest absolute Gasteiger partial charge is 0.326 e. The van der Waals surface area contributed by atoms with Crippen LogP contribution in [0.5, 0.6) is 0 Å². The summed E-state index contributed by atoms with van der Waals surface area (Å²) in [7, 11) is 0. The van der Waals surface area contributed by atoms with E-state index in [-0.39, 0.29) is 12.3 Å². The molecule has 7 heteroatoms. The molecule has 6 nitrogen and oxygen atoms in total. The van der Waals surface area contributed by atoms with Crippen LogP contribution in [0.15, 0.2) is 94.6 Å². The maximum atomic E-state index is 12.5. The zero-order chi connectivity index (χ0) is 21.8. The normalized spacial score (nSPS) is 10.6. The van der Waals surface area contributed by atoms with Crippen molar-refractivity contribution in [1.82, 2.24) is 9.55 Å². The number of nitrogens with zero attached hydrogens (tertiary/aromatic N) is 1. The molecule has 0 aliphatic heterocycles. The van der Waals surface area contributed by atoms with Crippen molar-refractivity contribution in [3.05, 3.63) is 116 Å². The lowest BCUT2D eigenvalue weighted by Gasteiger charge is -2.09. The topological polar surface area (TPSA) is 84.0 Å². The summed E-state index contributed by atoms with van der Waals surface area (Å²) in [5.74, 6) is -0.155. The first kappa shape index (κ1) is 20.4. The van der Waals surface area contributed by atoms with Gasteiger partial charge in [0, 0.05) is 23.0 Å². The summed E-state index contributed by atoms with van der Waals surface area (Å²) in [4.78, 5) is 37.8. The Morgan fingerprint density at radius 2 is 1.61 bits per heavy atom. The van der Waals surface area contributed by atoms with Crippen LogP contribution in [0.4, 0.5) is 5.69 Å². The molecule has 0 atom stereocenters. The van der Waals surface area contributed by atoms with Crippen LogP contribution < -0.4 is 16.6 Å². The number of rotatable bonds is 5. The van der Waals surface area contributed by atoms with E-state index in [0.29, 0.717) is 16.4 Å². The Balaban J connectivity index is 1.45. The monoisotopic (exact) mass is 431 g/mol. The minimum Gasteiger partial charge on any atom is -0.326 e. The summed E-state index contributed by atoms with van der Waals surface area (Å²) < 4.78 is 1.31. The Morgan fingerprint density at radius 1 is 0.903 bits per heavy atom. The molecule has 2 N–H and O–H groups in total. The number of amides is 1. The third-order valence-corrected chi connectivity index (χ3v) is 4.94. The SMILES string of the molecule is O=C(Cc1cccc(-c2cccc(Cl)c2)c1)Nc1ccc(-n2ccc(=O)[nH]c2=O)cc1. The predicted octanol–water partition coefficient (Wildman–Crippen LogP) is 4.03. The van der Waals surface area contributed by atoms with E-state index in [4.69, 9.17) is 11.6 Å². The van der Waals surface area contributed by atoms with Gasteiger partial charge in [0.2, 0.25) is 5.91 Å². The van der Waals surface area contributed by atoms with Crippen molar-refractivity contribution in [3.63, 3.8) is 0 Å². The Labute approximate surface area is 182 Å². The van der Waals surface area contributed by atoms with Crippen LogP contribution in [0.2, 0.25) is 5.02 Å². The van der Waals surface area contributed by atoms with E-state index in [2.05, 4.69) is 10.3 Å². The standard InChI is InChI=1S/C24H18ClN3O3/c25-19-6-2-5-18(15-19)17-4-1-3-16(13-17)14-23(30)26-20-7-9-21(10-8-20)28-12-11-22(29)27-24(28)31/h1-13,15H,14H2,(H,26,30)(H,27,29,31). The van der Waals surface area contributed by atoms with Crippen molar-refractivity contribution in [3.8, 4) is 16.8 Å². The number of anilines is 1. The molecule has 1 aromatic heterocycles. The van der Waals surface area contributed by atoms with Gasteiger partial charge in [-0.2, -0.15) is 0 Å². The molecule has 3 aromatic carbocycles. The molecule has 31 heavy (non-hydrogen) atoms. The summed E-state index contributed by atoms with van der Waals surface area (Å²) in [6.07, 6.45) is 1.62. The number of aromatic nitrogens is 2. The van der Waals surface area contributed by atoms with Gasteiger partial charge < -0.3 is 5.32 Å². The van der Waals surface area contributed by atoms with Gasteiger partial charge in [-0.1, -0.05) is 48.0 Å². The zero-order valence-electron chi connectivity index (χ0n) is 16.3. The highest BCUT2D eigenvalue weighted by Gasteiger charge is 2.07. The van der Waals surface area contributed by atoms with E-state index in [9.17, 15) is 14.4 Å². The molecule has 0 bridgehead atoms. The highest BCUT2D eigenvalue weighted by molar-refractivity contribution is 6.30. The fraction of sp³-hybridized carbons (Fsp3) is 0.0417. The second kappa shape index (κ2) is 8.85. The Morgan fingerprint density at radius 3 is 2.32 bits per heavy atom. The van der Waals surface area contributed by atoms with Gasteiger partial charge in [-0.15, -0.1) is 0 Å². The van der Waals surface area contributed by atoms with Crippen molar-refractivity contribution in [2.75, 3.05) is 5.32 Å². The summed E-state index contributed by atoms with van der Waals surface area (Å²) in [5.41, 5.74) is 3.07. The Bertz CT molecular complexity index is 1360. The molecule has 4 rings (SSSR count). The minimum atomic E-state index is -0.524. The van der Waals surface area contributed by atoms with E-state index >= 15 is 0 Å². The molecule has 1 amide bonds. The van der Waals surface area contributed by atoms with E-state index in [1.54, 1.807) is 24.3 Å². The molecule has 0 spiro atoms. The predicted molar refractivity (Wildman–Crippen MR) is 122 cm³/mol. The van der Waals surface area contributed by atoms with Crippen molar-refractivity contribution in [2.24, 2.45) is 0 Å². The molecule has 0 saturated heterocycles. The first-order valence-corrected chi connectivity index (χ1v) is 9.93. The summed E-state index contributed by atoms with van der Waals surface area (Å²) in [6.45, 7) is 0. The average Bonchev–Trinajstić information content (AvgIpc) is 2.75. The van der Waals surface area contributed by atoms with Gasteiger partial charge in [0.15, 0.2) is 0 Å². The van der Waals surface area contributed by atoms with Crippen LogP contribution in [0, 0.1) is 0 Å². The van der Waals surface area contributed by atoms with E-state index in [1.807, 2.05) is 48.5 Å². The molecule has 0 radical (unpaired) electrons. The Hall–Kier alpha value is -3.90. The van der Waals surface area contributed by atoms with Crippen LogP contribution in [-0.4, -0.2) is 15.5 Å². The number of benzene rings is 3. The number of carbonyl (C=O) groups excluding carboxylic acids is 1. The molecule has 0 aliphatic rings. The number of halogens is 1. The second-order valence-electron chi connectivity index (χ2n) is 6.96. The lowest BCUT2D eigenvalue weighted by molar-refractivity contribution is -0.115. The first-order chi connectivity index (χ1) is 15.0. The summed E-state index contributed by atoms with van der Waals surface area (Å²) in [6, 6.07) is 23.4. The minimum absolute atomic E-state index is 0.155. The van der Waals surface area contributed by atoms with Crippen LogP contribution in [0.25, 0.3) is 16.8 Å². The highest BCUT2D eigenvalue weighted by atomic mass is 35.5. The number of H-pyrrole nitrogens is 1. The fourth-order valence-electron chi connectivity index (χ4n) is 3.25. The largest absolute Gasteiger partial charge is 0.332 e. The third kappa shape index (κ3) is 4.99. The zero-order valence-corrected chi connectivity index (χ0v) is 17.1. The van der Waals surface area contributed by atoms with Gasteiger partial charge in [-0.05, 0) is 53.1 Å². The molecule has 0 saturated carbocycles. The van der Waals surface area contributed by atoms with Gasteiger partial charge >= 0.3 is 5.69 Å². The van der Waals surface area contributed by atoms with Gasteiger partial charge in [0.1, 0.15) is 0 Å². The molecule has 1 heterocycles. The van der Waals surface area contributed by atoms with Crippen LogP contribution in [0.3, 0.4) is 0 Å². The highest BCUT2D eigenvalue weighted by Crippen LogP contribution is 2.24. The number of nitrogens with one attached hydrogen (secondary N) is 2. The van der Waals surface area contributed by atoms with Gasteiger partial charge in [-0.3, -0.25) is 19.1 Å². The van der Waals surface area contributed by atoms with Crippen LogP contribution in [0.1, 0.15) is 5.56 Å². The quantitative estimate of drug-likeness (QED) is 0.500. The number of aromatic amines is 1. The lowest BCUT2D eigenvalue weighted by Crippen LogP contribution is -2.27. The van der Waals surface area contributed by atoms with Crippen molar-refractivity contribution < 1.29 is 4.79 Å². The van der Waals surface area contributed by atoms with E-state index < -0.39 is 11.2 Å². The average molecular weight is 432 g/mol. The van der Waals surface area contributed by atoms with Crippen molar-refractivity contribution in [1.29, 1.82) is 0 Å². The maximum Gasteiger partial charge on any atom is 0.332 e. The second-order valence-corrected chi connectivity index (χ2v) is 7.40. The van der Waals surface area contributed by atoms with Crippen LogP contribution >= 0.6 is 11.6 Å². The molecule has 0 unspecified atom stereocenters. The van der Waals surface area contributed by atoms with Crippen LogP contribution in [-0.2, 0) is 11.2 Å². The molecule has 4 aromatic rings. The number of carbonyl (C=O) groups is 1. The van der Waals surface area contributed by atoms with Gasteiger partial charge in [0.05, 0.1) is 12.1 Å². The molecule has 154 valence electrons. The molecular formula is C24H18ClN3O3. The van der Waals surface area contributed by atoms with E-state index in [1.165, 1.54) is 16.8 Å². The summed E-state index contributed by atoms with van der Waals surface area (Å²) in [5, 5.41) is 3.52. The first-order valence-electron chi connectivity index (χ1n) is 9.55. The molecular weight excluding hydrogens is 414 g/mol. The lowest BCUT2D eigenvalue weighted by atomic mass is 10.0. The molecule has 0 fully saturated rings. The van der Waals surface area contributed by atoms with E-state index in [0.717, 1.165) is 16.7 Å². The summed E-state index contributed by atoms with van der Waals surface area (Å²) >= 11 is 6.08. The number of hydrogen-bond donors (Lipinski definition) is 2.